The molecular weight excluding hydrogens is 385 g/mol. The molecule has 1 aliphatic rings. The highest BCUT2D eigenvalue weighted by atomic mass is 19.1. The number of nitrogens with zero attached hydrogens (tertiary/aromatic N) is 4. The van der Waals surface area contributed by atoms with E-state index in [1.54, 1.807) is 36.4 Å². The molecule has 1 saturated heterocycles. The molecule has 1 fully saturated rings. The van der Waals surface area contributed by atoms with Gasteiger partial charge in [0.25, 0.3) is 0 Å². The molecule has 0 saturated carbocycles. The maximum atomic E-state index is 13.1. The number of benzene rings is 2. The average molecular weight is 405 g/mol. The lowest BCUT2D eigenvalue weighted by atomic mass is 9.97. The molecule has 4 rings (SSSR count). The Morgan fingerprint density at radius 1 is 1.13 bits per heavy atom. The largest absolute Gasteiger partial charge is 0.420 e. The molecule has 0 unspecified atom stereocenters. The summed E-state index contributed by atoms with van der Waals surface area (Å²) in [7, 11) is 0. The Hall–Kier alpha value is -3.57. The molecular formula is C22H20FN5O2. The van der Waals surface area contributed by atoms with Crippen molar-refractivity contribution in [1.29, 1.82) is 5.26 Å². The normalized spacial score (nSPS) is 14.9. The molecule has 3 aromatic rings. The minimum absolute atomic E-state index is 0.0884. The number of aromatic nitrogens is 2. The third kappa shape index (κ3) is 4.70. The van der Waals surface area contributed by atoms with E-state index in [1.165, 1.54) is 12.1 Å². The van der Waals surface area contributed by atoms with Gasteiger partial charge < -0.3 is 9.73 Å². The average Bonchev–Trinajstić information content (AvgIpc) is 3.25. The number of carbonyl (C=O) groups is 1. The van der Waals surface area contributed by atoms with E-state index in [4.69, 9.17) is 9.68 Å². The van der Waals surface area contributed by atoms with Crippen LogP contribution in [0.2, 0.25) is 0 Å². The van der Waals surface area contributed by atoms with Gasteiger partial charge in [0, 0.05) is 17.2 Å². The van der Waals surface area contributed by atoms with E-state index in [9.17, 15) is 9.18 Å². The van der Waals surface area contributed by atoms with Crippen LogP contribution in [0.25, 0.3) is 11.5 Å². The predicted molar refractivity (Wildman–Crippen MR) is 108 cm³/mol. The van der Waals surface area contributed by atoms with Crippen molar-refractivity contribution in [2.24, 2.45) is 0 Å². The van der Waals surface area contributed by atoms with Crippen molar-refractivity contribution in [3.8, 4) is 17.5 Å². The first-order valence-corrected chi connectivity index (χ1v) is 9.72. The molecule has 0 radical (unpaired) electrons. The van der Waals surface area contributed by atoms with Gasteiger partial charge in [-0.15, -0.1) is 10.2 Å². The Morgan fingerprint density at radius 3 is 2.50 bits per heavy atom. The molecule has 0 atom stereocenters. The number of amides is 1. The third-order valence-electron chi connectivity index (χ3n) is 5.13. The van der Waals surface area contributed by atoms with Crippen LogP contribution < -0.4 is 5.32 Å². The van der Waals surface area contributed by atoms with Gasteiger partial charge in [-0.3, -0.25) is 9.69 Å². The first-order valence-electron chi connectivity index (χ1n) is 9.72. The van der Waals surface area contributed by atoms with Crippen molar-refractivity contribution in [1.82, 2.24) is 15.1 Å². The molecule has 1 N–H and O–H groups in total. The van der Waals surface area contributed by atoms with Crippen LogP contribution in [0.4, 0.5) is 10.1 Å². The molecule has 152 valence electrons. The van der Waals surface area contributed by atoms with E-state index in [0.29, 0.717) is 35.1 Å². The molecule has 0 aliphatic carbocycles. The fourth-order valence-corrected chi connectivity index (χ4v) is 3.48. The van der Waals surface area contributed by atoms with Crippen molar-refractivity contribution >= 4 is 11.6 Å². The number of likely N-dealkylation sites (tertiary alicyclic amines) is 1. The number of rotatable bonds is 5. The summed E-state index contributed by atoms with van der Waals surface area (Å²) in [6, 6.07) is 14.8. The summed E-state index contributed by atoms with van der Waals surface area (Å²) in [5, 5.41) is 19.9. The molecule has 0 bridgehead atoms. The van der Waals surface area contributed by atoms with Gasteiger partial charge in [0.15, 0.2) is 0 Å². The van der Waals surface area contributed by atoms with E-state index in [0.717, 1.165) is 25.9 Å². The topological polar surface area (TPSA) is 95.1 Å². The van der Waals surface area contributed by atoms with Crippen LogP contribution in [0.1, 0.15) is 30.2 Å². The lowest BCUT2D eigenvalue weighted by molar-refractivity contribution is -0.117. The molecule has 30 heavy (non-hydrogen) atoms. The minimum Gasteiger partial charge on any atom is -0.420 e. The highest BCUT2D eigenvalue weighted by molar-refractivity contribution is 5.92. The second-order valence-electron chi connectivity index (χ2n) is 7.24. The Morgan fingerprint density at radius 2 is 1.83 bits per heavy atom. The van der Waals surface area contributed by atoms with Gasteiger partial charge in [-0.05, 0) is 74.5 Å². The number of halogens is 1. The summed E-state index contributed by atoms with van der Waals surface area (Å²) in [6.07, 6.45) is 1.63. The standard InChI is InChI=1S/C22H20FN5O2/c23-18-5-3-16(4-6-18)21-26-27-22(30-21)17-9-11-28(12-10-17)14-20(29)25-19-7-1-15(13-24)2-8-19/h1-8,17H,9-12,14H2,(H,25,29). The Balaban J connectivity index is 1.28. The van der Waals surface area contributed by atoms with E-state index < -0.39 is 0 Å². The van der Waals surface area contributed by atoms with E-state index in [-0.39, 0.29) is 17.6 Å². The molecule has 2 aromatic carbocycles. The van der Waals surface area contributed by atoms with Gasteiger partial charge in [-0.25, -0.2) is 4.39 Å². The van der Waals surface area contributed by atoms with Crippen molar-refractivity contribution in [2.45, 2.75) is 18.8 Å². The van der Waals surface area contributed by atoms with Crippen LogP contribution in [-0.2, 0) is 4.79 Å². The number of nitriles is 1. The van der Waals surface area contributed by atoms with Crippen LogP contribution >= 0.6 is 0 Å². The lowest BCUT2D eigenvalue weighted by Gasteiger charge is -2.29. The van der Waals surface area contributed by atoms with Crippen LogP contribution in [-0.4, -0.2) is 40.6 Å². The maximum Gasteiger partial charge on any atom is 0.247 e. The minimum atomic E-state index is -0.311. The zero-order chi connectivity index (χ0) is 20.9. The monoisotopic (exact) mass is 405 g/mol. The first kappa shape index (κ1) is 19.7. The molecule has 8 heteroatoms. The van der Waals surface area contributed by atoms with Gasteiger partial charge >= 0.3 is 0 Å². The third-order valence-corrected chi connectivity index (χ3v) is 5.13. The Kier molecular flexibility index (Phi) is 5.82. The predicted octanol–water partition coefficient (Wildman–Crippen LogP) is 3.57. The number of nitrogens with one attached hydrogen (secondary N) is 1. The quantitative estimate of drug-likeness (QED) is 0.697. The Labute approximate surface area is 173 Å². The zero-order valence-corrected chi connectivity index (χ0v) is 16.2. The van der Waals surface area contributed by atoms with Gasteiger partial charge in [-0.2, -0.15) is 5.26 Å². The lowest BCUT2D eigenvalue weighted by Crippen LogP contribution is -2.38. The molecule has 1 aliphatic heterocycles. The fourth-order valence-electron chi connectivity index (χ4n) is 3.48. The fraction of sp³-hybridized carbons (Fsp3) is 0.273. The van der Waals surface area contributed by atoms with Crippen LogP contribution in [0, 0.1) is 17.1 Å². The number of hydrogen-bond acceptors (Lipinski definition) is 6. The smallest absolute Gasteiger partial charge is 0.247 e. The van der Waals surface area contributed by atoms with Gasteiger partial charge in [0.05, 0.1) is 18.2 Å². The van der Waals surface area contributed by atoms with Crippen molar-refractivity contribution < 1.29 is 13.6 Å². The summed E-state index contributed by atoms with van der Waals surface area (Å²) in [5.41, 5.74) is 1.92. The number of anilines is 1. The van der Waals surface area contributed by atoms with Gasteiger partial charge in [0.1, 0.15) is 5.82 Å². The van der Waals surface area contributed by atoms with E-state index >= 15 is 0 Å². The molecule has 7 nitrogen and oxygen atoms in total. The van der Waals surface area contributed by atoms with E-state index in [1.807, 2.05) is 0 Å². The van der Waals surface area contributed by atoms with Crippen molar-refractivity contribution in [3.63, 3.8) is 0 Å². The summed E-state index contributed by atoms with van der Waals surface area (Å²) in [5.74, 6) is 0.707. The van der Waals surface area contributed by atoms with Gasteiger partial charge in [0.2, 0.25) is 17.7 Å². The maximum absolute atomic E-state index is 13.1. The van der Waals surface area contributed by atoms with Crippen molar-refractivity contribution in [3.05, 3.63) is 65.8 Å². The highest BCUT2D eigenvalue weighted by Crippen LogP contribution is 2.29. The summed E-state index contributed by atoms with van der Waals surface area (Å²) in [6.45, 7) is 1.80. The van der Waals surface area contributed by atoms with Gasteiger partial charge in [-0.1, -0.05) is 0 Å². The van der Waals surface area contributed by atoms with Crippen LogP contribution in [0.5, 0.6) is 0 Å². The number of carbonyl (C=O) groups excluding carboxylic acids is 1. The van der Waals surface area contributed by atoms with Crippen LogP contribution in [0.15, 0.2) is 52.9 Å². The van der Waals surface area contributed by atoms with E-state index in [2.05, 4.69) is 26.5 Å². The molecule has 2 heterocycles. The molecule has 0 spiro atoms. The van der Waals surface area contributed by atoms with Crippen LogP contribution in [0.3, 0.4) is 0 Å². The molecule has 1 amide bonds. The second kappa shape index (κ2) is 8.84. The summed E-state index contributed by atoms with van der Waals surface area (Å²) >= 11 is 0. The summed E-state index contributed by atoms with van der Waals surface area (Å²) < 4.78 is 18.9. The second-order valence-corrected chi connectivity index (χ2v) is 7.24. The zero-order valence-electron chi connectivity index (χ0n) is 16.2. The highest BCUT2D eigenvalue weighted by Gasteiger charge is 2.26. The SMILES string of the molecule is N#Cc1ccc(NC(=O)CN2CCC(c3nnc(-c4ccc(F)cc4)o3)CC2)cc1. The Bertz CT molecular complexity index is 1050. The molecule has 1 aromatic heterocycles. The first-order chi connectivity index (χ1) is 14.6. The number of hydrogen-bond donors (Lipinski definition) is 1. The number of piperidine rings is 1. The van der Waals surface area contributed by atoms with Crippen molar-refractivity contribution in [2.75, 3.05) is 25.0 Å². The summed E-state index contributed by atoms with van der Waals surface area (Å²) in [4.78, 5) is 14.4.